The van der Waals surface area contributed by atoms with Gasteiger partial charge in [-0.1, -0.05) is 18.2 Å². The lowest BCUT2D eigenvalue weighted by Crippen LogP contribution is -2.12. The third kappa shape index (κ3) is 3.28. The summed E-state index contributed by atoms with van der Waals surface area (Å²) in [5.74, 6) is -0.642. The highest BCUT2D eigenvalue weighted by Gasteiger charge is 2.14. The first kappa shape index (κ1) is 15.3. The standard InChI is InChI=1S/C17H13FN2O2S/c18-13-4-2-1-3-12(13)15-5-6-16(23-15)17(22)20-14-9-19-8-7-11(14)10-21/h1-9,21H,10H2,(H,20,22). The van der Waals surface area contributed by atoms with E-state index >= 15 is 0 Å². The van der Waals surface area contributed by atoms with Gasteiger partial charge in [0.15, 0.2) is 0 Å². The highest BCUT2D eigenvalue weighted by Crippen LogP contribution is 2.30. The molecule has 0 bridgehead atoms. The van der Waals surface area contributed by atoms with Crippen molar-refractivity contribution in [1.82, 2.24) is 4.98 Å². The van der Waals surface area contributed by atoms with Crippen molar-refractivity contribution in [3.63, 3.8) is 0 Å². The smallest absolute Gasteiger partial charge is 0.265 e. The zero-order chi connectivity index (χ0) is 16.2. The van der Waals surface area contributed by atoms with Crippen LogP contribution < -0.4 is 5.32 Å². The van der Waals surface area contributed by atoms with Gasteiger partial charge in [0.1, 0.15) is 5.82 Å². The summed E-state index contributed by atoms with van der Waals surface area (Å²) in [5.41, 5.74) is 1.51. The van der Waals surface area contributed by atoms with Crippen molar-refractivity contribution in [1.29, 1.82) is 0 Å². The second-order valence-corrected chi connectivity index (χ2v) is 5.87. The second-order valence-electron chi connectivity index (χ2n) is 4.79. The summed E-state index contributed by atoms with van der Waals surface area (Å²) in [4.78, 5) is 17.4. The molecule has 0 saturated carbocycles. The van der Waals surface area contributed by atoms with Crippen LogP contribution in [0, 0.1) is 5.82 Å². The fraction of sp³-hybridized carbons (Fsp3) is 0.0588. The SMILES string of the molecule is O=C(Nc1cnccc1CO)c1ccc(-c2ccccc2F)s1. The van der Waals surface area contributed by atoms with Crippen molar-refractivity contribution >= 4 is 22.9 Å². The normalized spacial score (nSPS) is 10.5. The number of nitrogens with one attached hydrogen (secondary N) is 1. The summed E-state index contributed by atoms with van der Waals surface area (Å²) in [5, 5.41) is 12.0. The summed E-state index contributed by atoms with van der Waals surface area (Å²) in [6, 6.07) is 11.4. The molecule has 0 aliphatic carbocycles. The van der Waals surface area contributed by atoms with Crippen LogP contribution in [-0.4, -0.2) is 16.0 Å². The minimum Gasteiger partial charge on any atom is -0.392 e. The molecule has 0 aliphatic rings. The molecule has 2 N–H and O–H groups in total. The number of nitrogens with zero attached hydrogens (tertiary/aromatic N) is 1. The van der Waals surface area contributed by atoms with Crippen molar-refractivity contribution in [2.24, 2.45) is 0 Å². The van der Waals surface area contributed by atoms with Crippen LogP contribution in [-0.2, 0) is 6.61 Å². The fourth-order valence-electron chi connectivity index (χ4n) is 2.12. The molecular formula is C17H13FN2O2S. The predicted octanol–water partition coefficient (Wildman–Crippen LogP) is 3.69. The number of aliphatic hydroxyl groups is 1. The van der Waals surface area contributed by atoms with E-state index in [9.17, 15) is 14.3 Å². The number of carbonyl (C=O) groups excluding carboxylic acids is 1. The Balaban J connectivity index is 1.83. The zero-order valence-corrected chi connectivity index (χ0v) is 12.8. The molecule has 0 fully saturated rings. The lowest BCUT2D eigenvalue weighted by molar-refractivity contribution is 0.103. The van der Waals surface area contributed by atoms with Gasteiger partial charge in [-0.3, -0.25) is 9.78 Å². The van der Waals surface area contributed by atoms with Crippen LogP contribution in [0.1, 0.15) is 15.2 Å². The van der Waals surface area contributed by atoms with Gasteiger partial charge in [-0.2, -0.15) is 0 Å². The van der Waals surface area contributed by atoms with E-state index < -0.39 is 0 Å². The number of thiophene rings is 1. The fourth-order valence-corrected chi connectivity index (χ4v) is 3.05. The molecule has 2 heterocycles. The summed E-state index contributed by atoms with van der Waals surface area (Å²) in [6.45, 7) is -0.191. The molecule has 0 aliphatic heterocycles. The Morgan fingerprint density at radius 1 is 1.22 bits per heavy atom. The van der Waals surface area contributed by atoms with Gasteiger partial charge in [0.25, 0.3) is 5.91 Å². The number of pyridine rings is 1. The molecule has 23 heavy (non-hydrogen) atoms. The van der Waals surface area contributed by atoms with E-state index in [0.29, 0.717) is 26.6 Å². The van der Waals surface area contributed by atoms with Crippen molar-refractivity contribution in [2.75, 3.05) is 5.32 Å². The Kier molecular flexibility index (Phi) is 4.45. The minimum atomic E-state index is -0.323. The van der Waals surface area contributed by atoms with Crippen molar-refractivity contribution in [3.05, 3.63) is 71.1 Å². The maximum atomic E-state index is 13.8. The van der Waals surface area contributed by atoms with Gasteiger partial charge in [-0.15, -0.1) is 11.3 Å². The van der Waals surface area contributed by atoms with Gasteiger partial charge in [-0.05, 0) is 24.3 Å². The van der Waals surface area contributed by atoms with Gasteiger partial charge in [0.2, 0.25) is 0 Å². The summed E-state index contributed by atoms with van der Waals surface area (Å²) in [6.07, 6.45) is 3.03. The van der Waals surface area contributed by atoms with E-state index in [1.165, 1.54) is 23.6 Å². The maximum absolute atomic E-state index is 13.8. The third-order valence-electron chi connectivity index (χ3n) is 3.30. The highest BCUT2D eigenvalue weighted by atomic mass is 32.1. The number of halogens is 1. The van der Waals surface area contributed by atoms with Gasteiger partial charge in [-0.25, -0.2) is 4.39 Å². The quantitative estimate of drug-likeness (QED) is 0.768. The lowest BCUT2D eigenvalue weighted by Gasteiger charge is -2.07. The van der Waals surface area contributed by atoms with Crippen molar-refractivity contribution in [3.8, 4) is 10.4 Å². The first-order valence-electron chi connectivity index (χ1n) is 6.89. The van der Waals surface area contributed by atoms with Crippen LogP contribution in [0.4, 0.5) is 10.1 Å². The largest absolute Gasteiger partial charge is 0.392 e. The number of hydrogen-bond acceptors (Lipinski definition) is 4. The van der Waals surface area contributed by atoms with Crippen LogP contribution in [0.3, 0.4) is 0 Å². The first-order valence-corrected chi connectivity index (χ1v) is 7.70. The van der Waals surface area contributed by atoms with E-state index in [2.05, 4.69) is 10.3 Å². The zero-order valence-electron chi connectivity index (χ0n) is 12.0. The van der Waals surface area contributed by atoms with E-state index in [0.717, 1.165) is 0 Å². The molecule has 0 atom stereocenters. The molecular weight excluding hydrogens is 315 g/mol. The number of amides is 1. The summed E-state index contributed by atoms with van der Waals surface area (Å²) >= 11 is 1.21. The average molecular weight is 328 g/mol. The van der Waals surface area contributed by atoms with Crippen LogP contribution >= 0.6 is 11.3 Å². The first-order chi connectivity index (χ1) is 11.2. The molecule has 6 heteroatoms. The molecule has 0 spiro atoms. The number of hydrogen-bond donors (Lipinski definition) is 2. The van der Waals surface area contributed by atoms with E-state index in [1.54, 1.807) is 42.6 Å². The molecule has 3 aromatic rings. The molecule has 1 amide bonds. The maximum Gasteiger partial charge on any atom is 0.265 e. The number of aromatic nitrogens is 1. The molecule has 1 aromatic carbocycles. The molecule has 2 aromatic heterocycles. The Morgan fingerprint density at radius 3 is 2.83 bits per heavy atom. The Labute approximate surface area is 136 Å². The Hall–Kier alpha value is -2.57. The van der Waals surface area contributed by atoms with E-state index in [1.807, 2.05) is 0 Å². The number of rotatable bonds is 4. The van der Waals surface area contributed by atoms with Crippen LogP contribution in [0.25, 0.3) is 10.4 Å². The molecule has 116 valence electrons. The lowest BCUT2D eigenvalue weighted by atomic mass is 10.2. The van der Waals surface area contributed by atoms with E-state index in [4.69, 9.17) is 0 Å². The Morgan fingerprint density at radius 2 is 2.04 bits per heavy atom. The summed E-state index contributed by atoms with van der Waals surface area (Å²) < 4.78 is 13.8. The number of carbonyl (C=O) groups is 1. The molecule has 4 nitrogen and oxygen atoms in total. The van der Waals surface area contributed by atoms with E-state index in [-0.39, 0.29) is 18.3 Å². The molecule has 3 rings (SSSR count). The monoisotopic (exact) mass is 328 g/mol. The van der Waals surface area contributed by atoms with Crippen LogP contribution in [0.5, 0.6) is 0 Å². The number of aliphatic hydroxyl groups excluding tert-OH is 1. The van der Waals surface area contributed by atoms with Crippen molar-refractivity contribution < 1.29 is 14.3 Å². The topological polar surface area (TPSA) is 62.2 Å². The summed E-state index contributed by atoms with van der Waals surface area (Å²) in [7, 11) is 0. The van der Waals surface area contributed by atoms with Gasteiger partial charge in [0, 0.05) is 22.2 Å². The molecule has 0 saturated heterocycles. The number of benzene rings is 1. The minimum absolute atomic E-state index is 0.191. The third-order valence-corrected chi connectivity index (χ3v) is 4.42. The van der Waals surface area contributed by atoms with Gasteiger partial charge < -0.3 is 10.4 Å². The van der Waals surface area contributed by atoms with Gasteiger partial charge >= 0.3 is 0 Å². The highest BCUT2D eigenvalue weighted by molar-refractivity contribution is 7.17. The van der Waals surface area contributed by atoms with Crippen LogP contribution in [0.15, 0.2) is 54.9 Å². The van der Waals surface area contributed by atoms with Crippen molar-refractivity contribution in [2.45, 2.75) is 6.61 Å². The Bertz CT molecular complexity index is 848. The molecule has 0 unspecified atom stereocenters. The second kappa shape index (κ2) is 6.68. The predicted molar refractivity (Wildman–Crippen MR) is 87.8 cm³/mol. The van der Waals surface area contributed by atoms with Crippen LogP contribution in [0.2, 0.25) is 0 Å². The average Bonchev–Trinajstić information content (AvgIpc) is 3.05. The van der Waals surface area contributed by atoms with Gasteiger partial charge in [0.05, 0.1) is 23.4 Å². The molecule has 0 radical (unpaired) electrons. The number of anilines is 1.